The molecule has 10 aromatic heterocycles. The number of aromatic nitrogens is 13. The normalized spacial score (nSPS) is 11.8. The predicted molar refractivity (Wildman–Crippen MR) is 338 cm³/mol. The van der Waals surface area contributed by atoms with E-state index in [0.717, 1.165) is 160 Å². The van der Waals surface area contributed by atoms with Crippen molar-refractivity contribution in [2.24, 2.45) is 0 Å². The Kier molecular flexibility index (Phi) is 16.5. The highest BCUT2D eigenvalue weighted by Crippen LogP contribution is 2.45. The molecule has 0 amide bonds. The lowest BCUT2D eigenvalue weighted by molar-refractivity contribution is 0.396. The lowest BCUT2D eigenvalue weighted by atomic mass is 10.0. The number of fused-ring (bicyclic) bond motifs is 16. The predicted octanol–water partition coefficient (Wildman–Crippen LogP) is 11.5. The molecule has 0 bridgehead atoms. The number of anilines is 9. The molecule has 0 radical (unpaired) electrons. The molecule has 0 atom stereocenters. The first-order valence-corrected chi connectivity index (χ1v) is 28.4. The van der Waals surface area contributed by atoms with E-state index in [0.29, 0.717) is 17.8 Å². The minimum atomic E-state index is 0.604. The van der Waals surface area contributed by atoms with E-state index in [1.165, 1.54) is 22.0 Å². The second kappa shape index (κ2) is 25.4. The number of para-hydroxylation sites is 1. The average Bonchev–Trinajstić information content (AvgIpc) is 3.46. The first-order chi connectivity index (χ1) is 41.7. The molecule has 7 N–H and O–H groups in total. The Morgan fingerprint density at radius 1 is 0.412 bits per heavy atom. The highest BCUT2D eigenvalue weighted by atomic mass is 15.1. The van der Waals surface area contributed by atoms with Crippen molar-refractivity contribution in [1.29, 1.82) is 0 Å². The Morgan fingerprint density at radius 2 is 0.847 bits per heavy atom. The molecule has 0 aliphatic carbocycles. The molecule has 21 nitrogen and oxygen atoms in total. The number of pyridine rings is 6. The maximum atomic E-state index is 4.88. The summed E-state index contributed by atoms with van der Waals surface area (Å²) in [6.45, 7) is 6.65. The lowest BCUT2D eigenvalue weighted by Crippen LogP contribution is -2.17. The molecule has 14 rings (SSSR count). The van der Waals surface area contributed by atoms with Crippen LogP contribution in [0.2, 0.25) is 0 Å². The van der Waals surface area contributed by atoms with Crippen LogP contribution in [-0.2, 0) is 6.42 Å². The van der Waals surface area contributed by atoms with E-state index in [9.17, 15) is 0 Å². The van der Waals surface area contributed by atoms with E-state index in [1.54, 1.807) is 55.8 Å². The van der Waals surface area contributed by atoms with Gasteiger partial charge in [-0.3, -0.25) is 15.0 Å². The molecule has 0 saturated carbocycles. The zero-order valence-corrected chi connectivity index (χ0v) is 48.1. The molecule has 0 saturated heterocycles. The summed E-state index contributed by atoms with van der Waals surface area (Å²) in [5, 5.41) is 21.5. The van der Waals surface area contributed by atoms with Gasteiger partial charge in [-0.1, -0.05) is 18.2 Å². The van der Waals surface area contributed by atoms with Crippen LogP contribution >= 0.6 is 0 Å². The Bertz CT molecular complexity index is 4140. The van der Waals surface area contributed by atoms with E-state index in [2.05, 4.69) is 151 Å². The van der Waals surface area contributed by atoms with Crippen LogP contribution in [0.15, 0.2) is 153 Å². The van der Waals surface area contributed by atoms with Crippen molar-refractivity contribution in [2.75, 3.05) is 92.8 Å². The minimum absolute atomic E-state index is 0.604. The number of H-pyrrole nitrogens is 1. The van der Waals surface area contributed by atoms with Gasteiger partial charge in [-0.05, 0) is 140 Å². The molecule has 0 fully saturated rings. The third-order valence-electron chi connectivity index (χ3n) is 14.7. The molecule has 426 valence electrons. The number of nitrogens with one attached hydrogen (secondary N) is 7. The van der Waals surface area contributed by atoms with Crippen LogP contribution in [0, 0.1) is 6.92 Å². The van der Waals surface area contributed by atoms with Crippen molar-refractivity contribution in [3.8, 4) is 67.2 Å². The summed E-state index contributed by atoms with van der Waals surface area (Å²) < 4.78 is 0. The summed E-state index contributed by atoms with van der Waals surface area (Å²) in [5.41, 5.74) is 17.9. The number of rotatable bonds is 15. The van der Waals surface area contributed by atoms with Gasteiger partial charge in [0.1, 0.15) is 17.5 Å². The lowest BCUT2D eigenvalue weighted by Gasteiger charge is -2.12. The number of nitrogens with zero attached hydrogens (tertiary/aromatic N) is 14. The van der Waals surface area contributed by atoms with Gasteiger partial charge in [-0.25, -0.2) is 44.9 Å². The van der Waals surface area contributed by atoms with Crippen LogP contribution in [0.1, 0.15) is 30.4 Å². The van der Waals surface area contributed by atoms with E-state index in [4.69, 9.17) is 15.0 Å². The topological polar surface area (TPSA) is 249 Å². The first kappa shape index (κ1) is 55.2. The molecule has 85 heavy (non-hydrogen) atoms. The van der Waals surface area contributed by atoms with Gasteiger partial charge in [0.25, 0.3) is 0 Å². The van der Waals surface area contributed by atoms with Gasteiger partial charge < -0.3 is 46.7 Å². The van der Waals surface area contributed by atoms with Crippen LogP contribution in [0.4, 0.5) is 52.4 Å². The second-order valence-electron chi connectivity index (χ2n) is 21.2. The zero-order valence-electron chi connectivity index (χ0n) is 48.1. The number of unbranched alkanes of at least 4 members (excludes halogenated alkanes) is 1. The fourth-order valence-electron chi connectivity index (χ4n) is 10.5. The van der Waals surface area contributed by atoms with Gasteiger partial charge >= 0.3 is 0 Å². The van der Waals surface area contributed by atoms with Crippen molar-refractivity contribution >= 4 is 63.3 Å². The third kappa shape index (κ3) is 12.4. The number of hydrogen-bond acceptors (Lipinski definition) is 20. The van der Waals surface area contributed by atoms with Crippen LogP contribution in [0.25, 0.3) is 78.1 Å². The number of aryl methyl sites for hydroxylation is 1. The smallest absolute Gasteiger partial charge is 0.223 e. The Morgan fingerprint density at radius 3 is 1.31 bits per heavy atom. The highest BCUT2D eigenvalue weighted by molar-refractivity contribution is 5.98. The molecule has 13 heterocycles. The standard InChI is InChI=1S/C25H21N7.C20H23N7.C19H21N7/c1-15-4-2-5-17-16(12-29-22(15)17)7-11-28-25-30-13-20-18-8-10-26-14-21(18)31-24-19(23(20)32-25)6-3-9-27-24;1-27(2)11-4-3-8-23-20-24-12-16-14-7-10-21-13-17(14)25-19-15(18(16)26-20)6-5-9-22-19;1-26(2)10-4-8-22-19-23-11-15-13-6-9-20-12-16(13)24-18-14(17(15)25-19)5-3-7-21-18/h2-6,8-10,12-14,29H,7,11H2,1H3,(H,27,31)(H,28,30,32);5-7,9-10,12-13H,3-4,8,11H2,1-2H3,(H,22,25)(H,23,24,26);3,5-7,9,11-12H,4,8,10H2,1-2H3,(H,21,24)(H,22,23,25). The summed E-state index contributed by atoms with van der Waals surface area (Å²) >= 11 is 0. The molecule has 3 aliphatic rings. The molecule has 3 aliphatic heterocycles. The SMILES string of the molecule is CN(C)CCCCNc1ncc2c(n1)-c1cccnc1Nc1cnccc1-2.CN(C)CCCNc1ncc2c(n1)-c1cccnc1Nc1cnccc1-2.Cc1cccc2c(CCNc3ncc4c(n3)-c3cccnc3Nc3cnccc3-4)c[nH]c12. The maximum absolute atomic E-state index is 4.88. The largest absolute Gasteiger partial charge is 0.361 e. The highest BCUT2D eigenvalue weighted by Gasteiger charge is 2.25. The van der Waals surface area contributed by atoms with Crippen molar-refractivity contribution in [3.05, 3.63) is 164 Å². The van der Waals surface area contributed by atoms with Crippen molar-refractivity contribution in [1.82, 2.24) is 74.6 Å². The maximum Gasteiger partial charge on any atom is 0.223 e. The van der Waals surface area contributed by atoms with Gasteiger partial charge in [-0.2, -0.15) is 0 Å². The average molecular weight is 1130 g/mol. The van der Waals surface area contributed by atoms with Crippen LogP contribution in [0.5, 0.6) is 0 Å². The molecule has 1 aromatic carbocycles. The van der Waals surface area contributed by atoms with Crippen molar-refractivity contribution in [2.45, 2.75) is 32.6 Å². The van der Waals surface area contributed by atoms with Gasteiger partial charge in [0.2, 0.25) is 17.8 Å². The van der Waals surface area contributed by atoms with Crippen molar-refractivity contribution in [3.63, 3.8) is 0 Å². The summed E-state index contributed by atoms with van der Waals surface area (Å²) in [5.74, 6) is 4.20. The van der Waals surface area contributed by atoms with E-state index in [1.807, 2.05) is 73.2 Å². The summed E-state index contributed by atoms with van der Waals surface area (Å²) in [6.07, 6.45) is 27.9. The molecule has 21 heteroatoms. The number of aromatic amines is 1. The molecular weight excluding hydrogens is 1060 g/mol. The quantitative estimate of drug-likeness (QED) is 0.0471. The van der Waals surface area contributed by atoms with Gasteiger partial charge in [-0.15, -0.1) is 0 Å². The fraction of sp³-hybridized carbons (Fsp3) is 0.219. The molecule has 11 aromatic rings. The van der Waals surface area contributed by atoms with Crippen molar-refractivity contribution < 1.29 is 0 Å². The Balaban J connectivity index is 0.000000126. The van der Waals surface area contributed by atoms with Crippen LogP contribution in [0.3, 0.4) is 0 Å². The summed E-state index contributed by atoms with van der Waals surface area (Å²) in [4.78, 5) is 62.1. The Hall–Kier alpha value is -10.4. The second-order valence-corrected chi connectivity index (χ2v) is 21.2. The zero-order chi connectivity index (χ0) is 58.1. The summed E-state index contributed by atoms with van der Waals surface area (Å²) in [6, 6.07) is 24.2. The monoisotopic (exact) mass is 1130 g/mol. The number of hydrogen-bond donors (Lipinski definition) is 7. The van der Waals surface area contributed by atoms with Crippen LogP contribution < -0.4 is 31.9 Å². The fourth-order valence-corrected chi connectivity index (χ4v) is 10.5. The molecule has 0 unspecified atom stereocenters. The first-order valence-electron chi connectivity index (χ1n) is 28.4. The van der Waals surface area contributed by atoms with Gasteiger partial charge in [0.05, 0.1) is 52.7 Å². The summed E-state index contributed by atoms with van der Waals surface area (Å²) in [7, 11) is 8.33. The van der Waals surface area contributed by atoms with E-state index >= 15 is 0 Å². The minimum Gasteiger partial charge on any atom is -0.361 e. The van der Waals surface area contributed by atoms with E-state index in [-0.39, 0.29) is 0 Å². The van der Waals surface area contributed by atoms with Gasteiger partial charge in [0.15, 0.2) is 0 Å². The Labute approximate surface area is 492 Å². The third-order valence-corrected chi connectivity index (χ3v) is 14.7. The number of benzene rings is 1. The van der Waals surface area contributed by atoms with Crippen LogP contribution in [-0.4, -0.2) is 136 Å². The van der Waals surface area contributed by atoms with E-state index < -0.39 is 0 Å². The molecule has 0 spiro atoms. The molecular formula is C64H65N21. The van der Waals surface area contributed by atoms with Gasteiger partial charge in [0, 0.05) is 143 Å².